The number of hydrogen-bond acceptors (Lipinski definition) is 7. The smallest absolute Gasteiger partial charge is 0.295 e. The van der Waals surface area contributed by atoms with Gasteiger partial charge in [0.1, 0.15) is 17.3 Å². The van der Waals surface area contributed by atoms with Crippen LogP contribution in [0, 0.1) is 0 Å². The number of para-hydroxylation sites is 1. The SMILES string of the molecule is CCCOc1ccc(C(O)=C2C(=O)C(=O)N(CCN3CCOCC3)[C@H]2c2ccccc2OC)cc1. The van der Waals surface area contributed by atoms with Gasteiger partial charge in [0.25, 0.3) is 11.7 Å². The minimum absolute atomic E-state index is 0.0590. The van der Waals surface area contributed by atoms with Crippen molar-refractivity contribution in [3.63, 3.8) is 0 Å². The van der Waals surface area contributed by atoms with Gasteiger partial charge < -0.3 is 24.2 Å². The molecule has 8 heteroatoms. The van der Waals surface area contributed by atoms with Gasteiger partial charge in [0.05, 0.1) is 38.5 Å². The zero-order valence-corrected chi connectivity index (χ0v) is 20.2. The monoisotopic (exact) mass is 480 g/mol. The van der Waals surface area contributed by atoms with Crippen LogP contribution in [0.1, 0.15) is 30.5 Å². The van der Waals surface area contributed by atoms with Crippen molar-refractivity contribution in [1.29, 1.82) is 0 Å². The third kappa shape index (κ3) is 5.33. The number of hydrogen-bond donors (Lipinski definition) is 1. The fourth-order valence-electron chi connectivity index (χ4n) is 4.48. The Kier molecular flexibility index (Phi) is 8.05. The van der Waals surface area contributed by atoms with Crippen molar-refractivity contribution >= 4 is 17.4 Å². The minimum atomic E-state index is -0.761. The van der Waals surface area contributed by atoms with E-state index >= 15 is 0 Å². The highest BCUT2D eigenvalue weighted by molar-refractivity contribution is 6.46. The van der Waals surface area contributed by atoms with Crippen LogP contribution >= 0.6 is 0 Å². The van der Waals surface area contributed by atoms with E-state index in [4.69, 9.17) is 14.2 Å². The number of ether oxygens (including phenoxy) is 3. The molecule has 0 spiro atoms. The summed E-state index contributed by atoms with van der Waals surface area (Å²) in [5.74, 6) is -0.318. The summed E-state index contributed by atoms with van der Waals surface area (Å²) in [4.78, 5) is 30.2. The maximum absolute atomic E-state index is 13.3. The van der Waals surface area contributed by atoms with Crippen molar-refractivity contribution in [3.05, 3.63) is 65.2 Å². The van der Waals surface area contributed by atoms with E-state index in [2.05, 4.69) is 4.90 Å². The number of nitrogens with zero attached hydrogens (tertiary/aromatic N) is 2. The number of Topliss-reactive ketones (excluding diaryl/α,β-unsaturated/α-hetero) is 1. The van der Waals surface area contributed by atoms with Crippen molar-refractivity contribution in [3.8, 4) is 11.5 Å². The lowest BCUT2D eigenvalue weighted by atomic mass is 9.94. The fourth-order valence-corrected chi connectivity index (χ4v) is 4.48. The number of rotatable bonds is 9. The summed E-state index contributed by atoms with van der Waals surface area (Å²) in [6.45, 7) is 6.40. The van der Waals surface area contributed by atoms with Gasteiger partial charge in [0.2, 0.25) is 0 Å². The predicted molar refractivity (Wildman–Crippen MR) is 131 cm³/mol. The molecular weight excluding hydrogens is 448 g/mol. The average Bonchev–Trinajstić information content (AvgIpc) is 3.16. The van der Waals surface area contributed by atoms with Crippen LogP contribution in [0.4, 0.5) is 0 Å². The van der Waals surface area contributed by atoms with Crippen LogP contribution < -0.4 is 9.47 Å². The zero-order valence-electron chi connectivity index (χ0n) is 20.2. The van der Waals surface area contributed by atoms with Gasteiger partial charge in [0, 0.05) is 37.3 Å². The van der Waals surface area contributed by atoms with Crippen molar-refractivity contribution in [1.82, 2.24) is 9.80 Å². The van der Waals surface area contributed by atoms with Crippen LogP contribution in [0.3, 0.4) is 0 Å². The topological polar surface area (TPSA) is 88.5 Å². The first-order valence-electron chi connectivity index (χ1n) is 12.0. The molecule has 0 radical (unpaired) electrons. The predicted octanol–water partition coefficient (Wildman–Crippen LogP) is 3.24. The molecule has 0 bridgehead atoms. The summed E-state index contributed by atoms with van der Waals surface area (Å²) in [6.07, 6.45) is 0.883. The highest BCUT2D eigenvalue weighted by Crippen LogP contribution is 2.42. The van der Waals surface area contributed by atoms with Gasteiger partial charge in [-0.2, -0.15) is 0 Å². The Morgan fingerprint density at radius 2 is 1.77 bits per heavy atom. The number of amides is 1. The Morgan fingerprint density at radius 3 is 2.46 bits per heavy atom. The summed E-state index contributed by atoms with van der Waals surface area (Å²) >= 11 is 0. The molecule has 2 aliphatic heterocycles. The highest BCUT2D eigenvalue weighted by Gasteiger charge is 2.47. The molecule has 1 amide bonds. The molecule has 8 nitrogen and oxygen atoms in total. The van der Waals surface area contributed by atoms with Crippen LogP contribution in [0.25, 0.3) is 5.76 Å². The summed E-state index contributed by atoms with van der Waals surface area (Å²) < 4.78 is 16.6. The molecule has 35 heavy (non-hydrogen) atoms. The second-order valence-corrected chi connectivity index (χ2v) is 8.56. The van der Waals surface area contributed by atoms with Crippen molar-refractivity contribution < 1.29 is 28.9 Å². The molecule has 0 aliphatic carbocycles. The molecule has 1 atom stereocenters. The maximum Gasteiger partial charge on any atom is 0.295 e. The molecule has 2 saturated heterocycles. The molecular formula is C27H32N2O6. The molecule has 0 aromatic heterocycles. The Bertz CT molecular complexity index is 1080. The second kappa shape index (κ2) is 11.4. The summed E-state index contributed by atoms with van der Waals surface area (Å²) in [5.41, 5.74) is 1.16. The number of methoxy groups -OCH3 is 1. The summed E-state index contributed by atoms with van der Waals surface area (Å²) in [6, 6.07) is 13.4. The molecule has 2 aromatic rings. The average molecular weight is 481 g/mol. The number of benzene rings is 2. The number of carbonyl (C=O) groups is 2. The first-order chi connectivity index (χ1) is 17.0. The number of aliphatic hydroxyl groups is 1. The minimum Gasteiger partial charge on any atom is -0.507 e. The Hall–Kier alpha value is -3.36. The third-order valence-electron chi connectivity index (χ3n) is 6.33. The van der Waals surface area contributed by atoms with Crippen LogP contribution in [0.15, 0.2) is 54.1 Å². The molecule has 2 aliphatic rings. The number of likely N-dealkylation sites (tertiary alicyclic amines) is 1. The van der Waals surface area contributed by atoms with E-state index in [1.54, 1.807) is 42.3 Å². The lowest BCUT2D eigenvalue weighted by Crippen LogP contribution is -2.42. The van der Waals surface area contributed by atoms with Gasteiger partial charge in [-0.25, -0.2) is 0 Å². The molecule has 0 saturated carbocycles. The first-order valence-corrected chi connectivity index (χ1v) is 12.0. The van der Waals surface area contributed by atoms with Gasteiger partial charge in [-0.15, -0.1) is 0 Å². The zero-order chi connectivity index (χ0) is 24.8. The normalized spacial score (nSPS) is 20.3. The molecule has 2 heterocycles. The van der Waals surface area contributed by atoms with Crippen molar-refractivity contribution in [2.45, 2.75) is 19.4 Å². The van der Waals surface area contributed by atoms with Crippen molar-refractivity contribution in [2.24, 2.45) is 0 Å². The van der Waals surface area contributed by atoms with Crippen LogP contribution in [-0.2, 0) is 14.3 Å². The Labute approximate surface area is 205 Å². The number of carbonyl (C=O) groups excluding carboxylic acids is 2. The van der Waals surface area contributed by atoms with Crippen LogP contribution in [0.2, 0.25) is 0 Å². The van der Waals surface area contributed by atoms with Gasteiger partial charge in [0.15, 0.2) is 0 Å². The summed E-state index contributed by atoms with van der Waals surface area (Å²) in [7, 11) is 1.55. The second-order valence-electron chi connectivity index (χ2n) is 8.56. The van der Waals surface area contributed by atoms with E-state index in [0.717, 1.165) is 19.5 Å². The van der Waals surface area contributed by atoms with E-state index in [1.165, 1.54) is 0 Å². The van der Waals surface area contributed by atoms with Gasteiger partial charge in [-0.05, 0) is 36.8 Å². The number of aliphatic hydroxyl groups excluding tert-OH is 1. The van der Waals surface area contributed by atoms with Gasteiger partial charge >= 0.3 is 0 Å². The first kappa shape index (κ1) is 24.8. The molecule has 2 fully saturated rings. The quantitative estimate of drug-likeness (QED) is 0.335. The van der Waals surface area contributed by atoms with E-state index in [9.17, 15) is 14.7 Å². The van der Waals surface area contributed by atoms with E-state index in [-0.39, 0.29) is 11.3 Å². The fraction of sp³-hybridized carbons (Fsp3) is 0.407. The molecule has 2 aromatic carbocycles. The van der Waals surface area contributed by atoms with E-state index < -0.39 is 17.7 Å². The van der Waals surface area contributed by atoms with Crippen LogP contribution in [-0.4, -0.2) is 79.7 Å². The standard InChI is InChI=1S/C27H32N2O6/c1-3-16-35-20-10-8-19(9-11-20)25(30)23-24(21-6-4-5-7-22(21)33-2)29(27(32)26(23)31)13-12-28-14-17-34-18-15-28/h4-11,24,30H,3,12-18H2,1-2H3/t24-/m0/s1. The summed E-state index contributed by atoms with van der Waals surface area (Å²) in [5, 5.41) is 11.3. The lowest BCUT2D eigenvalue weighted by Gasteiger charge is -2.31. The molecule has 4 rings (SSSR count). The largest absolute Gasteiger partial charge is 0.507 e. The number of ketones is 1. The highest BCUT2D eigenvalue weighted by atomic mass is 16.5. The molecule has 0 unspecified atom stereocenters. The van der Waals surface area contributed by atoms with Gasteiger partial charge in [-0.3, -0.25) is 14.5 Å². The van der Waals surface area contributed by atoms with E-state index in [1.807, 2.05) is 25.1 Å². The van der Waals surface area contributed by atoms with E-state index in [0.29, 0.717) is 55.5 Å². The lowest BCUT2D eigenvalue weighted by molar-refractivity contribution is -0.140. The van der Waals surface area contributed by atoms with Gasteiger partial charge in [-0.1, -0.05) is 25.1 Å². The van der Waals surface area contributed by atoms with Crippen molar-refractivity contribution in [2.75, 3.05) is 53.1 Å². The molecule has 186 valence electrons. The van der Waals surface area contributed by atoms with Crippen LogP contribution in [0.5, 0.6) is 11.5 Å². The molecule has 1 N–H and O–H groups in total. The third-order valence-corrected chi connectivity index (χ3v) is 6.33. The Morgan fingerprint density at radius 1 is 1.06 bits per heavy atom. The Balaban J connectivity index is 1.72. The number of morpholine rings is 1. The maximum atomic E-state index is 13.3.